The second-order valence-electron chi connectivity index (χ2n) is 4.43. The van der Waals surface area contributed by atoms with Gasteiger partial charge in [0.1, 0.15) is 11.6 Å². The summed E-state index contributed by atoms with van der Waals surface area (Å²) < 4.78 is 0. The first-order chi connectivity index (χ1) is 9.72. The van der Waals surface area contributed by atoms with Crippen LogP contribution in [0.1, 0.15) is 23.8 Å². The molecule has 0 saturated heterocycles. The molecular formula is C14H20N4S2. The number of rotatable bonds is 7. The largest absolute Gasteiger partial charge is 0.370 e. The van der Waals surface area contributed by atoms with E-state index in [0.717, 1.165) is 36.3 Å². The van der Waals surface area contributed by atoms with Crippen LogP contribution in [0.2, 0.25) is 0 Å². The van der Waals surface area contributed by atoms with E-state index in [4.69, 9.17) is 0 Å². The van der Waals surface area contributed by atoms with Gasteiger partial charge < -0.3 is 10.6 Å². The number of nitrogens with zero attached hydrogens (tertiary/aromatic N) is 2. The zero-order valence-corrected chi connectivity index (χ0v) is 13.7. The van der Waals surface area contributed by atoms with Crippen LogP contribution in [-0.4, -0.2) is 22.8 Å². The zero-order chi connectivity index (χ0) is 14.4. The van der Waals surface area contributed by atoms with Crippen LogP contribution < -0.4 is 10.6 Å². The SMILES string of the molecule is CCCNc1cc(NCc2sccc2C)nc(SC)n1. The maximum atomic E-state index is 4.49. The topological polar surface area (TPSA) is 49.8 Å². The molecule has 2 heterocycles. The first-order valence-corrected chi connectivity index (χ1v) is 8.77. The molecule has 0 unspecified atom stereocenters. The van der Waals surface area contributed by atoms with E-state index in [2.05, 4.69) is 45.9 Å². The van der Waals surface area contributed by atoms with Crippen LogP contribution in [0, 0.1) is 6.92 Å². The molecule has 108 valence electrons. The number of aryl methyl sites for hydroxylation is 1. The monoisotopic (exact) mass is 308 g/mol. The highest BCUT2D eigenvalue weighted by molar-refractivity contribution is 7.98. The van der Waals surface area contributed by atoms with Crippen LogP contribution in [0.25, 0.3) is 0 Å². The number of hydrogen-bond acceptors (Lipinski definition) is 6. The molecule has 0 radical (unpaired) electrons. The number of thioether (sulfide) groups is 1. The minimum absolute atomic E-state index is 0.788. The van der Waals surface area contributed by atoms with Crippen molar-refractivity contribution in [3.8, 4) is 0 Å². The minimum atomic E-state index is 0.788. The minimum Gasteiger partial charge on any atom is -0.370 e. The number of anilines is 2. The predicted molar refractivity (Wildman–Crippen MR) is 89.0 cm³/mol. The summed E-state index contributed by atoms with van der Waals surface area (Å²) in [6.07, 6.45) is 3.07. The van der Waals surface area contributed by atoms with E-state index in [1.165, 1.54) is 10.4 Å². The molecule has 0 atom stereocenters. The first-order valence-electron chi connectivity index (χ1n) is 6.66. The van der Waals surface area contributed by atoms with Crippen molar-refractivity contribution in [2.75, 3.05) is 23.4 Å². The summed E-state index contributed by atoms with van der Waals surface area (Å²) in [5.41, 5.74) is 1.32. The van der Waals surface area contributed by atoms with E-state index in [9.17, 15) is 0 Å². The average Bonchev–Trinajstić information content (AvgIpc) is 2.88. The van der Waals surface area contributed by atoms with Gasteiger partial charge in [0.15, 0.2) is 5.16 Å². The lowest BCUT2D eigenvalue weighted by atomic mass is 10.3. The zero-order valence-electron chi connectivity index (χ0n) is 12.1. The molecule has 0 amide bonds. The van der Waals surface area contributed by atoms with Gasteiger partial charge in [-0.05, 0) is 36.6 Å². The van der Waals surface area contributed by atoms with Crippen molar-refractivity contribution in [1.82, 2.24) is 9.97 Å². The third-order valence-corrected chi connectivity index (χ3v) is 4.41. The Hall–Kier alpha value is -1.27. The van der Waals surface area contributed by atoms with Crippen molar-refractivity contribution in [3.05, 3.63) is 28.0 Å². The highest BCUT2D eigenvalue weighted by Crippen LogP contribution is 2.20. The van der Waals surface area contributed by atoms with Crippen molar-refractivity contribution in [3.63, 3.8) is 0 Å². The number of thiophene rings is 1. The van der Waals surface area contributed by atoms with Crippen molar-refractivity contribution in [2.24, 2.45) is 0 Å². The lowest BCUT2D eigenvalue weighted by Gasteiger charge is -2.10. The van der Waals surface area contributed by atoms with E-state index < -0.39 is 0 Å². The summed E-state index contributed by atoms with van der Waals surface area (Å²) in [6.45, 7) is 6.01. The molecule has 0 fully saturated rings. The Balaban J connectivity index is 2.07. The van der Waals surface area contributed by atoms with Crippen molar-refractivity contribution in [2.45, 2.75) is 32.0 Å². The maximum absolute atomic E-state index is 4.49. The second-order valence-corrected chi connectivity index (χ2v) is 6.21. The fourth-order valence-electron chi connectivity index (χ4n) is 1.71. The number of nitrogens with one attached hydrogen (secondary N) is 2. The Morgan fingerprint density at radius 3 is 2.60 bits per heavy atom. The summed E-state index contributed by atoms with van der Waals surface area (Å²) in [5, 5.41) is 9.60. The summed E-state index contributed by atoms with van der Waals surface area (Å²) in [5.74, 6) is 1.76. The van der Waals surface area contributed by atoms with E-state index in [1.54, 1.807) is 23.1 Å². The molecule has 0 aliphatic rings. The van der Waals surface area contributed by atoms with Gasteiger partial charge in [-0.2, -0.15) is 0 Å². The predicted octanol–water partition coefficient (Wildman–Crippen LogP) is 4.00. The molecule has 6 heteroatoms. The fourth-order valence-corrected chi connectivity index (χ4v) is 2.93. The van der Waals surface area contributed by atoms with Crippen LogP contribution in [-0.2, 0) is 6.54 Å². The lowest BCUT2D eigenvalue weighted by Crippen LogP contribution is -2.07. The van der Waals surface area contributed by atoms with E-state index in [1.807, 2.05) is 12.3 Å². The molecular weight excluding hydrogens is 288 g/mol. The Labute approximate surface area is 128 Å². The van der Waals surface area contributed by atoms with Crippen LogP contribution in [0.15, 0.2) is 22.7 Å². The molecule has 0 saturated carbocycles. The highest BCUT2D eigenvalue weighted by atomic mass is 32.2. The number of aromatic nitrogens is 2. The van der Waals surface area contributed by atoms with Crippen LogP contribution in [0.3, 0.4) is 0 Å². The molecule has 4 nitrogen and oxygen atoms in total. The van der Waals surface area contributed by atoms with Gasteiger partial charge in [-0.15, -0.1) is 11.3 Å². The van der Waals surface area contributed by atoms with Gasteiger partial charge in [-0.25, -0.2) is 9.97 Å². The summed E-state index contributed by atoms with van der Waals surface area (Å²) in [4.78, 5) is 10.3. The van der Waals surface area contributed by atoms with Gasteiger partial charge in [0, 0.05) is 17.5 Å². The fraction of sp³-hybridized carbons (Fsp3) is 0.429. The lowest BCUT2D eigenvalue weighted by molar-refractivity contribution is 0.922. The third kappa shape index (κ3) is 4.11. The van der Waals surface area contributed by atoms with Crippen molar-refractivity contribution in [1.29, 1.82) is 0 Å². The average molecular weight is 308 g/mol. The van der Waals surface area contributed by atoms with Gasteiger partial charge in [0.05, 0.1) is 6.54 Å². The van der Waals surface area contributed by atoms with Gasteiger partial charge >= 0.3 is 0 Å². The van der Waals surface area contributed by atoms with Gasteiger partial charge in [0.25, 0.3) is 0 Å². The number of hydrogen-bond donors (Lipinski definition) is 2. The maximum Gasteiger partial charge on any atom is 0.191 e. The van der Waals surface area contributed by atoms with Crippen molar-refractivity contribution < 1.29 is 0 Å². The standard InChI is InChI=1S/C14H20N4S2/c1-4-6-15-12-8-13(18-14(17-12)19-3)16-9-11-10(2)5-7-20-11/h5,7-8H,4,6,9H2,1-3H3,(H2,15,16,17,18). The Kier molecular flexibility index (Phi) is 5.67. The Morgan fingerprint density at radius 2 is 2.00 bits per heavy atom. The Bertz CT molecular complexity index is 554. The van der Waals surface area contributed by atoms with Gasteiger partial charge in [0.2, 0.25) is 0 Å². The molecule has 0 bridgehead atoms. The van der Waals surface area contributed by atoms with Crippen LogP contribution >= 0.6 is 23.1 Å². The van der Waals surface area contributed by atoms with Crippen LogP contribution in [0.4, 0.5) is 11.6 Å². The second kappa shape index (κ2) is 7.50. The molecule has 2 aromatic heterocycles. The molecule has 20 heavy (non-hydrogen) atoms. The van der Waals surface area contributed by atoms with Gasteiger partial charge in [-0.1, -0.05) is 18.7 Å². The Morgan fingerprint density at radius 1 is 1.25 bits per heavy atom. The summed E-state index contributed by atoms with van der Waals surface area (Å²) in [7, 11) is 0. The highest BCUT2D eigenvalue weighted by Gasteiger charge is 2.05. The van der Waals surface area contributed by atoms with Crippen LogP contribution in [0.5, 0.6) is 0 Å². The van der Waals surface area contributed by atoms with E-state index in [0.29, 0.717) is 0 Å². The smallest absolute Gasteiger partial charge is 0.191 e. The van der Waals surface area contributed by atoms with Crippen molar-refractivity contribution >= 4 is 34.7 Å². The quantitative estimate of drug-likeness (QED) is 0.598. The summed E-state index contributed by atoms with van der Waals surface area (Å²) >= 11 is 3.33. The van der Waals surface area contributed by atoms with E-state index in [-0.39, 0.29) is 0 Å². The molecule has 0 aliphatic carbocycles. The molecule has 2 rings (SSSR count). The molecule has 0 spiro atoms. The first kappa shape index (κ1) is 15.1. The molecule has 0 aromatic carbocycles. The molecule has 2 N–H and O–H groups in total. The molecule has 2 aromatic rings. The summed E-state index contributed by atoms with van der Waals surface area (Å²) in [6, 6.07) is 4.11. The van der Waals surface area contributed by atoms with E-state index >= 15 is 0 Å². The van der Waals surface area contributed by atoms with Gasteiger partial charge in [-0.3, -0.25) is 0 Å². The molecule has 0 aliphatic heterocycles. The normalized spacial score (nSPS) is 10.6. The third-order valence-electron chi connectivity index (χ3n) is 2.84.